The van der Waals surface area contributed by atoms with Gasteiger partial charge in [0, 0.05) is 17.8 Å². The first-order valence-corrected chi connectivity index (χ1v) is 8.31. The summed E-state index contributed by atoms with van der Waals surface area (Å²) in [6, 6.07) is 5.48. The molecule has 1 aliphatic rings. The van der Waals surface area contributed by atoms with E-state index in [2.05, 4.69) is 15.4 Å². The zero-order valence-electron chi connectivity index (χ0n) is 14.5. The van der Waals surface area contributed by atoms with E-state index in [1.165, 1.54) is 18.5 Å². The van der Waals surface area contributed by atoms with E-state index >= 15 is 0 Å². The zero-order chi connectivity index (χ0) is 18.7. The van der Waals surface area contributed by atoms with Gasteiger partial charge in [0.2, 0.25) is 5.95 Å². The highest BCUT2D eigenvalue weighted by Crippen LogP contribution is 2.35. The van der Waals surface area contributed by atoms with Crippen molar-refractivity contribution in [3.8, 4) is 0 Å². The second kappa shape index (κ2) is 7.34. The molecule has 0 bridgehead atoms. The largest absolute Gasteiger partial charge is 0.462 e. The Hall–Kier alpha value is -3.23. The molecule has 26 heavy (non-hydrogen) atoms. The molecule has 3 rings (SSSR count). The highest BCUT2D eigenvalue weighted by Gasteiger charge is 2.34. The van der Waals surface area contributed by atoms with Crippen LogP contribution in [0.4, 0.5) is 11.6 Å². The fourth-order valence-electron chi connectivity index (χ4n) is 2.83. The van der Waals surface area contributed by atoms with Crippen molar-refractivity contribution < 1.29 is 14.5 Å². The van der Waals surface area contributed by atoms with Gasteiger partial charge in [-0.3, -0.25) is 10.1 Å². The lowest BCUT2D eigenvalue weighted by molar-refractivity contribution is -0.384. The number of aromatic nitrogens is 3. The lowest BCUT2D eigenvalue weighted by Crippen LogP contribution is -2.29. The molecular weight excluding hydrogens is 338 g/mol. The first-order chi connectivity index (χ1) is 12.5. The highest BCUT2D eigenvalue weighted by molar-refractivity contribution is 5.92. The van der Waals surface area contributed by atoms with Crippen molar-refractivity contribution >= 4 is 17.6 Å². The van der Waals surface area contributed by atoms with Gasteiger partial charge < -0.3 is 10.1 Å². The third-order valence-electron chi connectivity index (χ3n) is 4.16. The zero-order valence-corrected chi connectivity index (χ0v) is 14.5. The maximum atomic E-state index is 12.7. The molecule has 1 atom stereocenters. The molecule has 2 aromatic rings. The number of hydrogen-bond acceptors (Lipinski definition) is 7. The summed E-state index contributed by atoms with van der Waals surface area (Å²) in [6.07, 6.45) is 3.09. The molecule has 136 valence electrons. The average molecular weight is 357 g/mol. The molecule has 0 saturated carbocycles. The number of fused-ring (bicyclic) bond motifs is 1. The number of carbonyl (C=O) groups is 1. The second-order valence-corrected chi connectivity index (χ2v) is 5.93. The van der Waals surface area contributed by atoms with E-state index in [0.717, 1.165) is 12.8 Å². The van der Waals surface area contributed by atoms with Gasteiger partial charge in [0.1, 0.15) is 12.4 Å². The fraction of sp³-hybridized carbons (Fsp3) is 0.353. The summed E-state index contributed by atoms with van der Waals surface area (Å²) in [7, 11) is 0. The summed E-state index contributed by atoms with van der Waals surface area (Å²) in [4.78, 5) is 27.3. The number of nitrogens with one attached hydrogen (secondary N) is 1. The van der Waals surface area contributed by atoms with Gasteiger partial charge >= 0.3 is 5.97 Å². The van der Waals surface area contributed by atoms with Crippen LogP contribution in [0.3, 0.4) is 0 Å². The van der Waals surface area contributed by atoms with Crippen molar-refractivity contribution in [2.45, 2.75) is 32.7 Å². The van der Waals surface area contributed by atoms with Gasteiger partial charge in [0.05, 0.1) is 17.1 Å². The molecule has 9 heteroatoms. The van der Waals surface area contributed by atoms with Crippen LogP contribution in [0.25, 0.3) is 0 Å². The number of unbranched alkanes of at least 4 members (excludes halogenated alkanes) is 1. The summed E-state index contributed by atoms with van der Waals surface area (Å²) in [5, 5.41) is 18.2. The van der Waals surface area contributed by atoms with Crippen LogP contribution in [0.5, 0.6) is 0 Å². The molecule has 0 spiro atoms. The van der Waals surface area contributed by atoms with Gasteiger partial charge in [-0.25, -0.2) is 9.48 Å². The Kier molecular flexibility index (Phi) is 4.97. The SMILES string of the molecule is CCCCOC(=O)C1=C(C)Nc2ncnn2[C@@H]1c1ccc([N+](=O)[O-])cc1. The van der Waals surface area contributed by atoms with Crippen LogP contribution < -0.4 is 5.32 Å². The lowest BCUT2D eigenvalue weighted by atomic mass is 9.95. The Morgan fingerprint density at radius 3 is 2.77 bits per heavy atom. The Labute approximate surface area is 149 Å². The van der Waals surface area contributed by atoms with Gasteiger partial charge in [-0.05, 0) is 31.0 Å². The molecule has 2 heterocycles. The number of rotatable bonds is 6. The van der Waals surface area contributed by atoms with Crippen LogP contribution in [0.1, 0.15) is 38.3 Å². The Bertz CT molecular complexity index is 856. The minimum Gasteiger partial charge on any atom is -0.462 e. The van der Waals surface area contributed by atoms with Crippen LogP contribution in [-0.2, 0) is 9.53 Å². The number of nitro benzene ring substituents is 1. The summed E-state index contributed by atoms with van der Waals surface area (Å²) in [5.41, 5.74) is 1.70. The summed E-state index contributed by atoms with van der Waals surface area (Å²) in [5.74, 6) is 0.0592. The van der Waals surface area contributed by atoms with Crippen molar-refractivity contribution in [2.24, 2.45) is 0 Å². The van der Waals surface area contributed by atoms with E-state index in [9.17, 15) is 14.9 Å². The van der Waals surface area contributed by atoms with Crippen LogP contribution in [-0.4, -0.2) is 32.3 Å². The van der Waals surface area contributed by atoms with Crippen LogP contribution in [0.2, 0.25) is 0 Å². The predicted molar refractivity (Wildman–Crippen MR) is 93.4 cm³/mol. The lowest BCUT2D eigenvalue weighted by Gasteiger charge is -2.28. The van der Waals surface area contributed by atoms with E-state index in [-0.39, 0.29) is 5.69 Å². The molecule has 0 unspecified atom stereocenters. The van der Waals surface area contributed by atoms with E-state index in [0.29, 0.717) is 29.4 Å². The highest BCUT2D eigenvalue weighted by atomic mass is 16.6. The number of nitro groups is 1. The standard InChI is InChI=1S/C17H19N5O4/c1-3-4-9-26-16(23)14-11(2)20-17-18-10-19-21(17)15(14)12-5-7-13(8-6-12)22(24)25/h5-8,10,15H,3-4,9H2,1-2H3,(H,18,19,20)/t15-/m1/s1. The summed E-state index contributed by atoms with van der Waals surface area (Å²) < 4.78 is 6.97. The Morgan fingerprint density at radius 1 is 1.38 bits per heavy atom. The monoisotopic (exact) mass is 357 g/mol. The molecule has 1 aliphatic heterocycles. The predicted octanol–water partition coefficient (Wildman–Crippen LogP) is 2.82. The topological polar surface area (TPSA) is 112 Å². The number of carbonyl (C=O) groups excluding carboxylic acids is 1. The molecule has 0 radical (unpaired) electrons. The van der Waals surface area contributed by atoms with Gasteiger partial charge in [0.25, 0.3) is 5.69 Å². The fourth-order valence-corrected chi connectivity index (χ4v) is 2.83. The maximum absolute atomic E-state index is 12.7. The van der Waals surface area contributed by atoms with E-state index in [4.69, 9.17) is 4.74 Å². The molecule has 1 N–H and O–H groups in total. The minimum atomic E-state index is -0.566. The number of allylic oxidation sites excluding steroid dienone is 1. The molecule has 1 aromatic carbocycles. The number of non-ortho nitro benzene ring substituents is 1. The van der Waals surface area contributed by atoms with E-state index in [1.807, 2.05) is 6.92 Å². The van der Waals surface area contributed by atoms with Crippen LogP contribution in [0, 0.1) is 10.1 Å². The smallest absolute Gasteiger partial charge is 0.338 e. The number of ether oxygens (including phenoxy) is 1. The number of esters is 1. The van der Waals surface area contributed by atoms with Gasteiger partial charge in [-0.15, -0.1) is 0 Å². The molecule has 0 saturated heterocycles. The molecule has 1 aromatic heterocycles. The van der Waals surface area contributed by atoms with Gasteiger partial charge in [-0.2, -0.15) is 10.1 Å². The quantitative estimate of drug-likeness (QED) is 0.366. The molecule has 0 fully saturated rings. The first kappa shape index (κ1) is 17.6. The summed E-state index contributed by atoms with van der Waals surface area (Å²) >= 11 is 0. The third kappa shape index (κ3) is 3.28. The maximum Gasteiger partial charge on any atom is 0.338 e. The van der Waals surface area contributed by atoms with Crippen molar-refractivity contribution in [3.63, 3.8) is 0 Å². The van der Waals surface area contributed by atoms with Crippen LogP contribution in [0.15, 0.2) is 41.9 Å². The molecule has 0 amide bonds. The van der Waals surface area contributed by atoms with E-state index < -0.39 is 16.9 Å². The van der Waals surface area contributed by atoms with Crippen molar-refractivity contribution in [1.29, 1.82) is 0 Å². The third-order valence-corrected chi connectivity index (χ3v) is 4.16. The first-order valence-electron chi connectivity index (χ1n) is 8.31. The molecule has 9 nitrogen and oxygen atoms in total. The molecular formula is C17H19N5O4. The van der Waals surface area contributed by atoms with Crippen molar-refractivity contribution in [3.05, 3.63) is 57.5 Å². The number of anilines is 1. The molecule has 0 aliphatic carbocycles. The second-order valence-electron chi connectivity index (χ2n) is 5.93. The van der Waals surface area contributed by atoms with Crippen molar-refractivity contribution in [1.82, 2.24) is 14.8 Å². The normalized spacial score (nSPS) is 16.0. The minimum absolute atomic E-state index is 0.0192. The Balaban J connectivity index is 2.00. The van der Waals surface area contributed by atoms with Crippen LogP contribution >= 0.6 is 0 Å². The number of benzene rings is 1. The van der Waals surface area contributed by atoms with E-state index in [1.54, 1.807) is 23.7 Å². The Morgan fingerprint density at radius 2 is 2.12 bits per heavy atom. The van der Waals surface area contributed by atoms with Gasteiger partial charge in [-0.1, -0.05) is 13.3 Å². The van der Waals surface area contributed by atoms with Crippen molar-refractivity contribution in [2.75, 3.05) is 11.9 Å². The number of hydrogen-bond donors (Lipinski definition) is 1. The van der Waals surface area contributed by atoms with Gasteiger partial charge in [0.15, 0.2) is 0 Å². The average Bonchev–Trinajstić information content (AvgIpc) is 3.08. The number of nitrogens with zero attached hydrogens (tertiary/aromatic N) is 4. The summed E-state index contributed by atoms with van der Waals surface area (Å²) in [6.45, 7) is 4.12.